The lowest BCUT2D eigenvalue weighted by Crippen LogP contribution is -2.50. The number of carbonyl (C=O) groups excluding carboxylic acids is 1. The number of rotatable bonds is 9. The molecular formula is C22H33N5O3. The number of aromatic nitrogens is 2. The number of hydrogen-bond acceptors (Lipinski definition) is 6. The van der Waals surface area contributed by atoms with Gasteiger partial charge in [-0.3, -0.25) is 9.78 Å². The van der Waals surface area contributed by atoms with Crippen LogP contribution in [0.25, 0.3) is 10.9 Å². The van der Waals surface area contributed by atoms with Crippen LogP contribution in [0.15, 0.2) is 18.5 Å². The molecule has 2 aromatic rings. The summed E-state index contributed by atoms with van der Waals surface area (Å²) < 4.78 is 8.06. The largest absolute Gasteiger partial charge is 0.366 e. The van der Waals surface area contributed by atoms with Gasteiger partial charge >= 0.3 is 0 Å². The highest BCUT2D eigenvalue weighted by Gasteiger charge is 2.40. The minimum absolute atomic E-state index is 0.0270. The summed E-state index contributed by atoms with van der Waals surface area (Å²) in [6.45, 7) is 7.78. The van der Waals surface area contributed by atoms with Gasteiger partial charge in [-0.25, -0.2) is 5.48 Å². The first-order valence-corrected chi connectivity index (χ1v) is 11.0. The van der Waals surface area contributed by atoms with E-state index < -0.39 is 6.10 Å². The van der Waals surface area contributed by atoms with Crippen LogP contribution in [0.4, 0.5) is 0 Å². The molecule has 1 aliphatic carbocycles. The average Bonchev–Trinajstić information content (AvgIpc) is 3.53. The molecule has 164 valence electrons. The Morgan fingerprint density at radius 3 is 3.03 bits per heavy atom. The van der Waals surface area contributed by atoms with E-state index in [1.807, 2.05) is 13.1 Å². The maximum Gasteiger partial charge on any atom is 0.253 e. The van der Waals surface area contributed by atoms with Crippen LogP contribution in [-0.2, 0) is 20.9 Å². The Balaban J connectivity index is 1.62. The Labute approximate surface area is 177 Å². The standard InChI is InChI=1S/C22H33N5O3/c1-15-11-20-18(12-24-15)19(14-26(20)9-4-7-25-29-3)16(2)27(17-5-6-17)22(28)21-13-23-8-10-30-21/h11-12,14,16-17,21,23,25H,4-10,13H2,1-3H3/t16-,21-/m1/s1. The molecule has 4 rings (SSSR count). The molecule has 1 saturated heterocycles. The molecule has 2 aliphatic rings. The number of pyridine rings is 1. The number of hydroxylamine groups is 1. The Morgan fingerprint density at radius 1 is 1.50 bits per heavy atom. The molecule has 8 nitrogen and oxygen atoms in total. The van der Waals surface area contributed by atoms with Gasteiger partial charge in [-0.15, -0.1) is 0 Å². The van der Waals surface area contributed by atoms with Crippen molar-refractivity contribution in [2.45, 2.75) is 57.8 Å². The number of amides is 1. The van der Waals surface area contributed by atoms with Crippen molar-refractivity contribution in [1.82, 2.24) is 25.2 Å². The molecular weight excluding hydrogens is 382 g/mol. The summed E-state index contributed by atoms with van der Waals surface area (Å²) >= 11 is 0. The molecule has 0 spiro atoms. The molecule has 0 aromatic carbocycles. The van der Waals surface area contributed by atoms with Crippen LogP contribution in [0, 0.1) is 6.92 Å². The van der Waals surface area contributed by atoms with Crippen LogP contribution in [0.2, 0.25) is 0 Å². The lowest BCUT2D eigenvalue weighted by molar-refractivity contribution is -0.148. The third-order valence-electron chi connectivity index (χ3n) is 6.02. The monoisotopic (exact) mass is 415 g/mol. The third-order valence-corrected chi connectivity index (χ3v) is 6.02. The maximum atomic E-state index is 13.4. The van der Waals surface area contributed by atoms with Gasteiger partial charge in [0.15, 0.2) is 0 Å². The minimum atomic E-state index is -0.393. The fourth-order valence-corrected chi connectivity index (χ4v) is 4.33. The average molecular weight is 416 g/mol. The first-order chi connectivity index (χ1) is 14.6. The molecule has 2 N–H and O–H groups in total. The van der Waals surface area contributed by atoms with E-state index in [1.165, 1.54) is 5.52 Å². The first-order valence-electron chi connectivity index (χ1n) is 11.0. The molecule has 2 fully saturated rings. The Hall–Kier alpha value is -2.00. The number of hydrogen-bond donors (Lipinski definition) is 2. The van der Waals surface area contributed by atoms with Crippen molar-refractivity contribution in [3.05, 3.63) is 29.7 Å². The van der Waals surface area contributed by atoms with Gasteiger partial charge in [0, 0.05) is 61.3 Å². The molecule has 1 amide bonds. The van der Waals surface area contributed by atoms with Gasteiger partial charge in [-0.05, 0) is 39.2 Å². The van der Waals surface area contributed by atoms with E-state index >= 15 is 0 Å². The van der Waals surface area contributed by atoms with Crippen LogP contribution in [0.3, 0.4) is 0 Å². The molecule has 2 aromatic heterocycles. The predicted molar refractivity (Wildman–Crippen MR) is 115 cm³/mol. The van der Waals surface area contributed by atoms with Crippen molar-refractivity contribution in [3.63, 3.8) is 0 Å². The molecule has 0 unspecified atom stereocenters. The zero-order valence-electron chi connectivity index (χ0n) is 18.2. The van der Waals surface area contributed by atoms with Gasteiger partial charge < -0.3 is 24.4 Å². The van der Waals surface area contributed by atoms with E-state index in [0.29, 0.717) is 19.2 Å². The van der Waals surface area contributed by atoms with Crippen LogP contribution >= 0.6 is 0 Å². The van der Waals surface area contributed by atoms with E-state index in [2.05, 4.69) is 44.4 Å². The maximum absolute atomic E-state index is 13.4. The van der Waals surface area contributed by atoms with Gasteiger partial charge in [0.25, 0.3) is 5.91 Å². The second-order valence-electron chi connectivity index (χ2n) is 8.29. The quantitative estimate of drug-likeness (QED) is 0.481. The molecule has 0 radical (unpaired) electrons. The molecule has 1 saturated carbocycles. The number of fused-ring (bicyclic) bond motifs is 1. The Bertz CT molecular complexity index is 873. The minimum Gasteiger partial charge on any atom is -0.366 e. The topological polar surface area (TPSA) is 80.7 Å². The number of aryl methyl sites for hydroxylation is 2. The fraction of sp³-hybridized carbons (Fsp3) is 0.636. The number of nitrogens with one attached hydrogen (secondary N) is 2. The molecule has 30 heavy (non-hydrogen) atoms. The summed E-state index contributed by atoms with van der Waals surface area (Å²) in [5.41, 5.74) is 6.22. The number of carbonyl (C=O) groups is 1. The SMILES string of the molecule is CONCCCn1cc([C@@H](C)N(C(=O)[C@H]2CNCCO2)C2CC2)c2cnc(C)cc21. The van der Waals surface area contributed by atoms with E-state index in [-0.39, 0.29) is 11.9 Å². The van der Waals surface area contributed by atoms with E-state index in [0.717, 1.165) is 55.5 Å². The predicted octanol–water partition coefficient (Wildman–Crippen LogP) is 1.93. The normalized spacial score (nSPS) is 20.4. The highest BCUT2D eigenvalue weighted by molar-refractivity contribution is 5.86. The van der Waals surface area contributed by atoms with E-state index in [4.69, 9.17) is 9.57 Å². The summed E-state index contributed by atoms with van der Waals surface area (Å²) in [6, 6.07) is 2.41. The van der Waals surface area contributed by atoms with Gasteiger partial charge in [0.1, 0.15) is 6.10 Å². The van der Waals surface area contributed by atoms with Crippen LogP contribution in [0.1, 0.15) is 43.5 Å². The van der Waals surface area contributed by atoms with Crippen LogP contribution in [0.5, 0.6) is 0 Å². The van der Waals surface area contributed by atoms with Crippen molar-refractivity contribution in [3.8, 4) is 0 Å². The van der Waals surface area contributed by atoms with Crippen LogP contribution in [-0.4, -0.2) is 65.9 Å². The number of morpholine rings is 1. The zero-order valence-corrected chi connectivity index (χ0v) is 18.2. The molecule has 3 heterocycles. The summed E-state index contributed by atoms with van der Waals surface area (Å²) in [6.07, 6.45) is 6.83. The van der Waals surface area contributed by atoms with E-state index in [9.17, 15) is 4.79 Å². The van der Waals surface area contributed by atoms with Crippen molar-refractivity contribution in [2.24, 2.45) is 0 Å². The number of nitrogens with zero attached hydrogens (tertiary/aromatic N) is 3. The summed E-state index contributed by atoms with van der Waals surface area (Å²) in [4.78, 5) is 24.9. The lowest BCUT2D eigenvalue weighted by Gasteiger charge is -2.34. The molecule has 0 bridgehead atoms. The fourth-order valence-electron chi connectivity index (χ4n) is 4.33. The van der Waals surface area contributed by atoms with Gasteiger partial charge in [-0.1, -0.05) is 0 Å². The van der Waals surface area contributed by atoms with Gasteiger partial charge in [0.2, 0.25) is 0 Å². The van der Waals surface area contributed by atoms with Crippen molar-refractivity contribution in [1.29, 1.82) is 0 Å². The second kappa shape index (κ2) is 9.43. The summed E-state index contributed by atoms with van der Waals surface area (Å²) in [5, 5.41) is 4.40. The summed E-state index contributed by atoms with van der Waals surface area (Å²) in [7, 11) is 1.63. The number of ether oxygens (including phenoxy) is 1. The molecule has 2 atom stereocenters. The highest BCUT2D eigenvalue weighted by atomic mass is 16.6. The van der Waals surface area contributed by atoms with Crippen LogP contribution < -0.4 is 10.8 Å². The lowest BCUT2D eigenvalue weighted by atomic mass is 10.1. The molecule has 8 heteroatoms. The van der Waals surface area contributed by atoms with E-state index in [1.54, 1.807) is 7.11 Å². The zero-order chi connectivity index (χ0) is 21.1. The Morgan fingerprint density at radius 2 is 2.33 bits per heavy atom. The Kier molecular flexibility index (Phi) is 6.67. The van der Waals surface area contributed by atoms with Crippen molar-refractivity contribution < 1.29 is 14.4 Å². The third kappa shape index (κ3) is 4.51. The molecule has 1 aliphatic heterocycles. The van der Waals surface area contributed by atoms with Gasteiger partial charge in [0.05, 0.1) is 25.3 Å². The second-order valence-corrected chi connectivity index (χ2v) is 8.29. The highest BCUT2D eigenvalue weighted by Crippen LogP contribution is 2.38. The van der Waals surface area contributed by atoms with Gasteiger partial charge in [-0.2, -0.15) is 0 Å². The first kappa shape index (κ1) is 21.2. The van der Waals surface area contributed by atoms with Crippen molar-refractivity contribution in [2.75, 3.05) is 33.4 Å². The smallest absolute Gasteiger partial charge is 0.253 e. The van der Waals surface area contributed by atoms with Crippen molar-refractivity contribution >= 4 is 16.8 Å². The summed E-state index contributed by atoms with van der Waals surface area (Å²) in [5.74, 6) is 0.0995.